The average Bonchev–Trinajstić information content (AvgIpc) is 2.35. The van der Waals surface area contributed by atoms with Crippen LogP contribution in [0.2, 0.25) is 10.0 Å². The first kappa shape index (κ1) is 13.9. The van der Waals surface area contributed by atoms with E-state index in [0.717, 1.165) is 0 Å². The number of aryl methyl sites for hydroxylation is 1. The van der Waals surface area contributed by atoms with E-state index in [2.05, 4.69) is 4.98 Å². The molecule has 0 atom stereocenters. The third kappa shape index (κ3) is 2.60. The molecule has 2 nitrogen and oxygen atoms in total. The Labute approximate surface area is 118 Å². The van der Waals surface area contributed by atoms with Gasteiger partial charge in [-0.3, -0.25) is 4.79 Å². The lowest BCUT2D eigenvalue weighted by molar-refractivity contribution is 0.103. The third-order valence-corrected chi connectivity index (χ3v) is 3.04. The summed E-state index contributed by atoms with van der Waals surface area (Å²) in [5.41, 5.74) is -0.475. The molecule has 1 aromatic heterocycles. The Morgan fingerprint density at radius 2 is 1.89 bits per heavy atom. The molecule has 0 amide bonds. The highest BCUT2D eigenvalue weighted by molar-refractivity contribution is 6.37. The van der Waals surface area contributed by atoms with Crippen molar-refractivity contribution in [3.63, 3.8) is 0 Å². The van der Waals surface area contributed by atoms with Crippen LogP contribution < -0.4 is 0 Å². The maximum atomic E-state index is 13.7. The van der Waals surface area contributed by atoms with E-state index < -0.39 is 23.0 Å². The number of carbonyl (C=O) groups excluding carboxylic acids is 1. The SMILES string of the molecule is Cc1ccc(C(=O)c2ncc(Cl)cc2Cl)c(F)c1F. The highest BCUT2D eigenvalue weighted by atomic mass is 35.5. The second-order valence-corrected chi connectivity index (χ2v) is 4.71. The summed E-state index contributed by atoms with van der Waals surface area (Å²) in [7, 11) is 0. The molecule has 0 spiro atoms. The molecule has 0 saturated carbocycles. The Morgan fingerprint density at radius 3 is 2.53 bits per heavy atom. The summed E-state index contributed by atoms with van der Waals surface area (Å²) in [5.74, 6) is -3.06. The van der Waals surface area contributed by atoms with Crippen LogP contribution in [0.25, 0.3) is 0 Å². The van der Waals surface area contributed by atoms with Crippen molar-refractivity contribution in [1.29, 1.82) is 0 Å². The summed E-state index contributed by atoms with van der Waals surface area (Å²) in [6.45, 7) is 1.40. The molecular formula is C13H7Cl2F2NO. The van der Waals surface area contributed by atoms with Gasteiger partial charge in [0, 0.05) is 6.20 Å². The van der Waals surface area contributed by atoms with Crippen LogP contribution in [-0.2, 0) is 0 Å². The number of rotatable bonds is 2. The fourth-order valence-electron chi connectivity index (χ4n) is 1.53. The minimum atomic E-state index is -1.21. The van der Waals surface area contributed by atoms with Crippen molar-refractivity contribution in [2.75, 3.05) is 0 Å². The van der Waals surface area contributed by atoms with Crippen molar-refractivity contribution in [2.24, 2.45) is 0 Å². The maximum Gasteiger partial charge on any atom is 0.215 e. The summed E-state index contributed by atoms with van der Waals surface area (Å²) in [6, 6.07) is 3.82. The standard InChI is InChI=1S/C13H7Cl2F2NO/c1-6-2-3-8(11(17)10(6)16)13(19)12-9(15)4-7(14)5-18-12/h2-5H,1H3. The Bertz CT molecular complexity index is 674. The number of nitrogens with zero attached hydrogens (tertiary/aromatic N) is 1. The molecule has 19 heavy (non-hydrogen) atoms. The number of hydrogen-bond acceptors (Lipinski definition) is 2. The van der Waals surface area contributed by atoms with Gasteiger partial charge in [-0.05, 0) is 24.6 Å². The van der Waals surface area contributed by atoms with Crippen LogP contribution in [0, 0.1) is 18.6 Å². The number of carbonyl (C=O) groups is 1. The van der Waals surface area contributed by atoms with Gasteiger partial charge in [0.1, 0.15) is 5.69 Å². The first-order valence-electron chi connectivity index (χ1n) is 5.22. The van der Waals surface area contributed by atoms with E-state index in [1.54, 1.807) is 0 Å². The highest BCUT2D eigenvalue weighted by Gasteiger charge is 2.21. The lowest BCUT2D eigenvalue weighted by atomic mass is 10.0. The smallest absolute Gasteiger partial charge is 0.215 e. The molecule has 6 heteroatoms. The van der Waals surface area contributed by atoms with E-state index in [-0.39, 0.29) is 21.3 Å². The number of aromatic nitrogens is 1. The molecule has 1 aromatic carbocycles. The molecule has 0 bridgehead atoms. The zero-order valence-electron chi connectivity index (χ0n) is 9.68. The van der Waals surface area contributed by atoms with E-state index in [0.29, 0.717) is 0 Å². The monoisotopic (exact) mass is 301 g/mol. The largest absolute Gasteiger partial charge is 0.287 e. The molecular weight excluding hydrogens is 295 g/mol. The molecule has 0 aliphatic rings. The zero-order chi connectivity index (χ0) is 14.2. The summed E-state index contributed by atoms with van der Waals surface area (Å²) >= 11 is 11.5. The molecule has 2 rings (SSSR count). The Hall–Kier alpha value is -1.52. The second kappa shape index (κ2) is 5.23. The van der Waals surface area contributed by atoms with E-state index >= 15 is 0 Å². The summed E-state index contributed by atoms with van der Waals surface area (Å²) in [4.78, 5) is 15.8. The number of ketones is 1. The van der Waals surface area contributed by atoms with Gasteiger partial charge in [0.2, 0.25) is 5.78 Å². The van der Waals surface area contributed by atoms with Crippen LogP contribution in [0.15, 0.2) is 24.4 Å². The molecule has 0 unspecified atom stereocenters. The summed E-state index contributed by atoms with van der Waals surface area (Å²) in [6.07, 6.45) is 1.21. The van der Waals surface area contributed by atoms with Crippen molar-refractivity contribution in [2.45, 2.75) is 6.92 Å². The van der Waals surface area contributed by atoms with Crippen LogP contribution in [0.5, 0.6) is 0 Å². The predicted octanol–water partition coefficient (Wildman–Crippen LogP) is 4.21. The summed E-state index contributed by atoms with van der Waals surface area (Å²) < 4.78 is 27.1. The first-order valence-corrected chi connectivity index (χ1v) is 5.97. The maximum absolute atomic E-state index is 13.7. The number of halogens is 4. The molecule has 0 fully saturated rings. The number of pyridine rings is 1. The predicted molar refractivity (Wildman–Crippen MR) is 68.8 cm³/mol. The minimum absolute atomic E-state index is 0.0158. The molecule has 0 N–H and O–H groups in total. The minimum Gasteiger partial charge on any atom is -0.287 e. The van der Waals surface area contributed by atoms with E-state index in [4.69, 9.17) is 23.2 Å². The fraction of sp³-hybridized carbons (Fsp3) is 0.0769. The van der Waals surface area contributed by atoms with Crippen molar-refractivity contribution < 1.29 is 13.6 Å². The topological polar surface area (TPSA) is 30.0 Å². The first-order chi connectivity index (χ1) is 8.91. The van der Waals surface area contributed by atoms with E-state index in [1.807, 2.05) is 0 Å². The van der Waals surface area contributed by atoms with Gasteiger partial charge < -0.3 is 0 Å². The molecule has 98 valence electrons. The third-order valence-electron chi connectivity index (χ3n) is 2.54. The fourth-order valence-corrected chi connectivity index (χ4v) is 2.00. The number of hydrogen-bond donors (Lipinski definition) is 0. The van der Waals surface area contributed by atoms with Gasteiger partial charge in [0.15, 0.2) is 11.6 Å². The van der Waals surface area contributed by atoms with E-state index in [9.17, 15) is 13.6 Å². The van der Waals surface area contributed by atoms with Crippen LogP contribution in [0.1, 0.15) is 21.6 Å². The lowest BCUT2D eigenvalue weighted by Gasteiger charge is -2.06. The Balaban J connectivity index is 2.53. The van der Waals surface area contributed by atoms with Gasteiger partial charge in [0.25, 0.3) is 0 Å². The normalized spacial score (nSPS) is 10.6. The van der Waals surface area contributed by atoms with Crippen LogP contribution in [-0.4, -0.2) is 10.8 Å². The molecule has 0 aliphatic heterocycles. The Morgan fingerprint density at radius 1 is 1.21 bits per heavy atom. The van der Waals surface area contributed by atoms with Crippen molar-refractivity contribution in [3.8, 4) is 0 Å². The van der Waals surface area contributed by atoms with Crippen molar-refractivity contribution in [1.82, 2.24) is 4.98 Å². The van der Waals surface area contributed by atoms with Crippen LogP contribution in [0.4, 0.5) is 8.78 Å². The zero-order valence-corrected chi connectivity index (χ0v) is 11.2. The van der Waals surface area contributed by atoms with Crippen LogP contribution in [0.3, 0.4) is 0 Å². The quantitative estimate of drug-likeness (QED) is 0.778. The van der Waals surface area contributed by atoms with Crippen molar-refractivity contribution in [3.05, 3.63) is 62.9 Å². The highest BCUT2D eigenvalue weighted by Crippen LogP contribution is 2.23. The molecule has 0 radical (unpaired) electrons. The second-order valence-electron chi connectivity index (χ2n) is 3.87. The molecule has 0 aliphatic carbocycles. The van der Waals surface area contributed by atoms with Gasteiger partial charge in [-0.1, -0.05) is 29.3 Å². The van der Waals surface area contributed by atoms with Crippen LogP contribution >= 0.6 is 23.2 Å². The van der Waals surface area contributed by atoms with Crippen molar-refractivity contribution >= 4 is 29.0 Å². The van der Waals surface area contributed by atoms with Gasteiger partial charge in [-0.2, -0.15) is 0 Å². The van der Waals surface area contributed by atoms with Gasteiger partial charge in [-0.25, -0.2) is 13.8 Å². The lowest BCUT2D eigenvalue weighted by Crippen LogP contribution is -2.09. The average molecular weight is 302 g/mol. The molecule has 1 heterocycles. The van der Waals surface area contributed by atoms with Gasteiger partial charge >= 0.3 is 0 Å². The number of benzene rings is 1. The van der Waals surface area contributed by atoms with Gasteiger partial charge in [0.05, 0.1) is 15.6 Å². The van der Waals surface area contributed by atoms with E-state index in [1.165, 1.54) is 31.3 Å². The van der Waals surface area contributed by atoms with Gasteiger partial charge in [-0.15, -0.1) is 0 Å². The molecule has 0 saturated heterocycles. The Kier molecular flexibility index (Phi) is 3.83. The summed E-state index contributed by atoms with van der Waals surface area (Å²) in [5, 5.41) is 0.231. The molecule has 2 aromatic rings.